The molecule has 1 amide bonds. The van der Waals surface area contributed by atoms with E-state index in [1.165, 1.54) is 4.90 Å². The number of ether oxygens (including phenoxy) is 1. The van der Waals surface area contributed by atoms with E-state index in [2.05, 4.69) is 0 Å². The molecule has 1 saturated heterocycles. The number of likely N-dealkylation sites (tertiary alicyclic amines) is 1. The number of likely N-dealkylation sites (N-methyl/N-ethyl adjacent to an activating group) is 1. The third kappa shape index (κ3) is 4.97. The summed E-state index contributed by atoms with van der Waals surface area (Å²) >= 11 is 6.05. The minimum Gasteiger partial charge on any atom is -0.507 e. The number of aliphatic hydroxyl groups is 1. The van der Waals surface area contributed by atoms with Crippen LogP contribution >= 0.6 is 11.6 Å². The first-order valence-corrected chi connectivity index (χ1v) is 11.0. The Labute approximate surface area is 194 Å². The van der Waals surface area contributed by atoms with Crippen molar-refractivity contribution in [2.24, 2.45) is 0 Å². The molecule has 1 heterocycles. The summed E-state index contributed by atoms with van der Waals surface area (Å²) in [5.74, 6) is -0.775. The Kier molecular flexibility index (Phi) is 7.59. The van der Waals surface area contributed by atoms with Gasteiger partial charge in [0.2, 0.25) is 0 Å². The van der Waals surface area contributed by atoms with E-state index in [1.54, 1.807) is 42.5 Å². The molecule has 0 saturated carbocycles. The zero-order valence-electron chi connectivity index (χ0n) is 18.9. The summed E-state index contributed by atoms with van der Waals surface area (Å²) in [6.07, 6.45) is 0.888. The SMILES string of the molecule is CCCOc1ccc(/C(O)=C2/C(=O)C(=O)N(CCN(C)C)C2c2ccc(Cl)cc2)cc1C. The number of hydrogen-bond donors (Lipinski definition) is 1. The van der Waals surface area contributed by atoms with Crippen molar-refractivity contribution in [1.29, 1.82) is 0 Å². The average Bonchev–Trinajstić information content (AvgIpc) is 3.01. The Morgan fingerprint density at radius 3 is 2.44 bits per heavy atom. The van der Waals surface area contributed by atoms with Crippen LogP contribution < -0.4 is 4.74 Å². The summed E-state index contributed by atoms with van der Waals surface area (Å²) in [6, 6.07) is 11.6. The molecule has 1 aliphatic heterocycles. The summed E-state index contributed by atoms with van der Waals surface area (Å²) in [6.45, 7) is 5.44. The van der Waals surface area contributed by atoms with E-state index in [1.807, 2.05) is 32.8 Å². The van der Waals surface area contributed by atoms with E-state index in [0.29, 0.717) is 35.8 Å². The van der Waals surface area contributed by atoms with E-state index in [-0.39, 0.29) is 11.3 Å². The minimum absolute atomic E-state index is 0.0812. The van der Waals surface area contributed by atoms with E-state index in [0.717, 1.165) is 17.7 Å². The molecule has 0 spiro atoms. The molecule has 1 fully saturated rings. The Bertz CT molecular complexity index is 1030. The number of aliphatic hydroxyl groups excluding tert-OH is 1. The van der Waals surface area contributed by atoms with Crippen LogP contribution in [0.1, 0.15) is 36.1 Å². The maximum Gasteiger partial charge on any atom is 0.295 e. The van der Waals surface area contributed by atoms with Gasteiger partial charge in [-0.15, -0.1) is 0 Å². The summed E-state index contributed by atoms with van der Waals surface area (Å²) in [5, 5.41) is 11.7. The number of carbonyl (C=O) groups is 2. The van der Waals surface area contributed by atoms with Gasteiger partial charge < -0.3 is 19.6 Å². The topological polar surface area (TPSA) is 70.1 Å². The predicted octanol–water partition coefficient (Wildman–Crippen LogP) is 4.42. The molecule has 32 heavy (non-hydrogen) atoms. The van der Waals surface area contributed by atoms with Crippen LogP contribution in [-0.2, 0) is 9.59 Å². The van der Waals surface area contributed by atoms with Crippen molar-refractivity contribution >= 4 is 29.1 Å². The number of halogens is 1. The van der Waals surface area contributed by atoms with Gasteiger partial charge in [-0.2, -0.15) is 0 Å². The largest absolute Gasteiger partial charge is 0.507 e. The van der Waals surface area contributed by atoms with Crippen molar-refractivity contribution in [2.45, 2.75) is 26.3 Å². The monoisotopic (exact) mass is 456 g/mol. The predicted molar refractivity (Wildman–Crippen MR) is 126 cm³/mol. The van der Waals surface area contributed by atoms with E-state index < -0.39 is 17.7 Å². The van der Waals surface area contributed by atoms with Gasteiger partial charge in [0.05, 0.1) is 18.2 Å². The number of ketones is 1. The second-order valence-electron chi connectivity index (χ2n) is 8.18. The van der Waals surface area contributed by atoms with E-state index in [4.69, 9.17) is 16.3 Å². The lowest BCUT2D eigenvalue weighted by molar-refractivity contribution is -0.140. The fraction of sp³-hybridized carbons (Fsp3) is 0.360. The lowest BCUT2D eigenvalue weighted by atomic mass is 9.95. The molecule has 1 unspecified atom stereocenters. The number of amides is 1. The molecule has 1 aliphatic rings. The Morgan fingerprint density at radius 2 is 1.84 bits per heavy atom. The molecule has 2 aromatic carbocycles. The molecule has 0 bridgehead atoms. The maximum atomic E-state index is 13.0. The molecule has 3 rings (SSSR count). The second-order valence-corrected chi connectivity index (χ2v) is 8.61. The molecule has 7 heteroatoms. The quantitative estimate of drug-likeness (QED) is 0.361. The first-order chi connectivity index (χ1) is 15.2. The number of rotatable bonds is 8. The summed E-state index contributed by atoms with van der Waals surface area (Å²) in [4.78, 5) is 29.4. The molecule has 6 nitrogen and oxygen atoms in total. The van der Waals surface area contributed by atoms with Crippen molar-refractivity contribution in [1.82, 2.24) is 9.80 Å². The van der Waals surface area contributed by atoms with Gasteiger partial charge in [-0.3, -0.25) is 9.59 Å². The highest BCUT2D eigenvalue weighted by Crippen LogP contribution is 2.40. The van der Waals surface area contributed by atoms with Crippen LogP contribution in [0, 0.1) is 6.92 Å². The third-order valence-corrected chi connectivity index (χ3v) is 5.68. The van der Waals surface area contributed by atoms with Crippen LogP contribution in [0.15, 0.2) is 48.0 Å². The fourth-order valence-electron chi connectivity index (χ4n) is 3.74. The van der Waals surface area contributed by atoms with Crippen LogP contribution in [0.5, 0.6) is 5.75 Å². The van der Waals surface area contributed by atoms with Gasteiger partial charge in [0, 0.05) is 23.7 Å². The average molecular weight is 457 g/mol. The van der Waals surface area contributed by atoms with Crippen molar-refractivity contribution < 1.29 is 19.4 Å². The van der Waals surface area contributed by atoms with Gasteiger partial charge in [0.1, 0.15) is 11.5 Å². The highest BCUT2D eigenvalue weighted by Gasteiger charge is 2.45. The number of carbonyl (C=O) groups excluding carboxylic acids is 2. The van der Waals surface area contributed by atoms with Crippen molar-refractivity contribution in [2.75, 3.05) is 33.8 Å². The minimum atomic E-state index is -0.691. The normalized spacial score (nSPS) is 17.9. The number of Topliss-reactive ketones (excluding diaryl/α,β-unsaturated/α-hetero) is 1. The molecule has 1 atom stereocenters. The van der Waals surface area contributed by atoms with Crippen molar-refractivity contribution in [3.63, 3.8) is 0 Å². The molecule has 2 aromatic rings. The van der Waals surface area contributed by atoms with Crippen LogP contribution in [0.4, 0.5) is 0 Å². The van der Waals surface area contributed by atoms with Gasteiger partial charge in [0.15, 0.2) is 0 Å². The first kappa shape index (κ1) is 23.8. The summed E-state index contributed by atoms with van der Waals surface area (Å²) in [5.41, 5.74) is 2.11. The van der Waals surface area contributed by atoms with E-state index in [9.17, 15) is 14.7 Å². The highest BCUT2D eigenvalue weighted by molar-refractivity contribution is 6.46. The molecule has 0 aliphatic carbocycles. The number of nitrogens with zero attached hydrogens (tertiary/aromatic N) is 2. The molecule has 170 valence electrons. The van der Waals surface area contributed by atoms with Gasteiger partial charge >= 0.3 is 0 Å². The molecule has 1 N–H and O–H groups in total. The molecule has 0 aromatic heterocycles. The summed E-state index contributed by atoms with van der Waals surface area (Å²) in [7, 11) is 3.80. The highest BCUT2D eigenvalue weighted by atomic mass is 35.5. The fourth-order valence-corrected chi connectivity index (χ4v) is 3.86. The lowest BCUT2D eigenvalue weighted by Gasteiger charge is -2.26. The number of hydrogen-bond acceptors (Lipinski definition) is 5. The smallest absolute Gasteiger partial charge is 0.295 e. The Balaban J connectivity index is 2.09. The molecular weight excluding hydrogens is 428 g/mol. The van der Waals surface area contributed by atoms with E-state index >= 15 is 0 Å². The van der Waals surface area contributed by atoms with Crippen LogP contribution in [0.25, 0.3) is 5.76 Å². The van der Waals surface area contributed by atoms with Crippen LogP contribution in [0.3, 0.4) is 0 Å². The zero-order chi connectivity index (χ0) is 23.4. The molecular formula is C25H29ClN2O4. The number of benzene rings is 2. The van der Waals surface area contributed by atoms with Gasteiger partial charge in [-0.1, -0.05) is 30.7 Å². The third-order valence-electron chi connectivity index (χ3n) is 5.42. The Morgan fingerprint density at radius 1 is 1.16 bits per heavy atom. The zero-order valence-corrected chi connectivity index (χ0v) is 19.6. The van der Waals surface area contributed by atoms with Gasteiger partial charge in [-0.05, 0) is 68.9 Å². The van der Waals surface area contributed by atoms with Gasteiger partial charge in [0.25, 0.3) is 11.7 Å². The number of aryl methyl sites for hydroxylation is 1. The van der Waals surface area contributed by atoms with Crippen molar-refractivity contribution in [3.05, 3.63) is 69.8 Å². The van der Waals surface area contributed by atoms with Crippen molar-refractivity contribution in [3.8, 4) is 5.75 Å². The second kappa shape index (κ2) is 10.2. The standard InChI is InChI=1S/C25H29ClN2O4/c1-5-14-32-20-11-8-18(15-16(20)2)23(29)21-22(17-6-9-19(26)10-7-17)28(13-12-27(3)4)25(31)24(21)30/h6-11,15,22,29H,5,12-14H2,1-4H3/b23-21-. The maximum absolute atomic E-state index is 13.0. The summed E-state index contributed by atoms with van der Waals surface area (Å²) < 4.78 is 5.71. The Hall–Kier alpha value is -2.83. The van der Waals surface area contributed by atoms with Gasteiger partial charge in [-0.25, -0.2) is 0 Å². The molecule has 0 radical (unpaired) electrons. The van der Waals surface area contributed by atoms with Crippen LogP contribution in [0.2, 0.25) is 5.02 Å². The van der Waals surface area contributed by atoms with Crippen LogP contribution in [-0.4, -0.2) is 60.4 Å². The lowest BCUT2D eigenvalue weighted by Crippen LogP contribution is -2.35. The first-order valence-electron chi connectivity index (χ1n) is 10.7.